The first kappa shape index (κ1) is 8.08. The number of allylic oxidation sites excluding steroid dienone is 5. The molecule has 0 heterocycles. The molecule has 2 heteroatoms. The van der Waals surface area contributed by atoms with Gasteiger partial charge in [0.1, 0.15) is 12.5 Å². The Morgan fingerprint density at radius 3 is 2.67 bits per heavy atom. The van der Waals surface area contributed by atoms with E-state index in [-0.39, 0.29) is 0 Å². The lowest BCUT2D eigenvalue weighted by molar-refractivity contribution is 0.547. The molecule has 0 N–H and O–H groups in total. The summed E-state index contributed by atoms with van der Waals surface area (Å²) in [6.07, 6.45) is 4.82. The van der Waals surface area contributed by atoms with Gasteiger partial charge in [-0.15, -0.1) is 0 Å². The Balaban J connectivity index is 3.74. The first-order chi connectivity index (χ1) is 4.31. The van der Waals surface area contributed by atoms with Crippen LogP contribution in [0, 0.1) is 0 Å². The lowest BCUT2D eigenvalue weighted by atomic mass is 10.4. The summed E-state index contributed by atoms with van der Waals surface area (Å²) in [5.74, 6) is -0.572. The number of alkyl halides is 1. The van der Waals surface area contributed by atoms with Crippen molar-refractivity contribution >= 4 is 0 Å². The van der Waals surface area contributed by atoms with Crippen LogP contribution in [0.5, 0.6) is 0 Å². The van der Waals surface area contributed by atoms with Gasteiger partial charge in [0.05, 0.1) is 0 Å². The third kappa shape index (κ3) is 4.94. The first-order valence-electron chi connectivity index (χ1n) is 2.52. The summed E-state index contributed by atoms with van der Waals surface area (Å²) < 4.78 is 23.4. The Morgan fingerprint density at radius 1 is 1.56 bits per heavy atom. The van der Waals surface area contributed by atoms with Crippen LogP contribution in [0.25, 0.3) is 0 Å². The zero-order valence-corrected chi connectivity index (χ0v) is 4.98. The van der Waals surface area contributed by atoms with Crippen molar-refractivity contribution in [3.05, 3.63) is 36.7 Å². The Hall–Kier alpha value is -0.920. The molecule has 0 aliphatic rings. The van der Waals surface area contributed by atoms with Crippen LogP contribution >= 0.6 is 0 Å². The standard InChI is InChI=1S/C7H8F2/c1-2-3-4-7(9)5-6-8/h2-5H,1,6H2/b4-3-,7-5+. The summed E-state index contributed by atoms with van der Waals surface area (Å²) in [5.41, 5.74) is 0. The topological polar surface area (TPSA) is 0 Å². The lowest BCUT2D eigenvalue weighted by Crippen LogP contribution is -1.66. The van der Waals surface area contributed by atoms with Crippen molar-refractivity contribution in [1.82, 2.24) is 0 Å². The van der Waals surface area contributed by atoms with Gasteiger partial charge in [0, 0.05) is 0 Å². The number of hydrogen-bond acceptors (Lipinski definition) is 0. The van der Waals surface area contributed by atoms with Crippen molar-refractivity contribution in [3.63, 3.8) is 0 Å². The van der Waals surface area contributed by atoms with E-state index >= 15 is 0 Å². The van der Waals surface area contributed by atoms with Crippen LogP contribution in [0.2, 0.25) is 0 Å². The van der Waals surface area contributed by atoms with Crippen molar-refractivity contribution < 1.29 is 8.78 Å². The highest BCUT2D eigenvalue weighted by Gasteiger charge is 1.81. The molecule has 0 nitrogen and oxygen atoms in total. The predicted octanol–water partition coefficient (Wildman–Crippen LogP) is 2.55. The highest BCUT2D eigenvalue weighted by Crippen LogP contribution is 1.97. The van der Waals surface area contributed by atoms with Crippen LogP contribution in [0.3, 0.4) is 0 Å². The van der Waals surface area contributed by atoms with Crippen molar-refractivity contribution in [3.8, 4) is 0 Å². The smallest absolute Gasteiger partial charge is 0.121 e. The number of hydrogen-bond donors (Lipinski definition) is 0. The van der Waals surface area contributed by atoms with Crippen molar-refractivity contribution in [2.45, 2.75) is 0 Å². The first-order valence-corrected chi connectivity index (χ1v) is 2.52. The second-order valence-electron chi connectivity index (χ2n) is 1.34. The fourth-order valence-electron chi connectivity index (χ4n) is 0.302. The molecule has 0 fully saturated rings. The van der Waals surface area contributed by atoms with Crippen LogP contribution in [-0.2, 0) is 0 Å². The summed E-state index contributed by atoms with van der Waals surface area (Å²) in [4.78, 5) is 0. The van der Waals surface area contributed by atoms with E-state index in [4.69, 9.17) is 0 Å². The van der Waals surface area contributed by atoms with E-state index in [9.17, 15) is 8.78 Å². The summed E-state index contributed by atoms with van der Waals surface area (Å²) in [6.45, 7) is 2.55. The minimum absolute atomic E-state index is 0.572. The van der Waals surface area contributed by atoms with Gasteiger partial charge in [-0.05, 0) is 12.2 Å². The molecule has 0 aliphatic carbocycles. The van der Waals surface area contributed by atoms with E-state index in [2.05, 4.69) is 6.58 Å². The average molecular weight is 130 g/mol. The van der Waals surface area contributed by atoms with Crippen LogP contribution in [0.15, 0.2) is 36.7 Å². The largest absolute Gasteiger partial charge is 0.246 e. The maximum absolute atomic E-state index is 12.1. The Morgan fingerprint density at radius 2 is 2.22 bits per heavy atom. The Kier molecular flexibility index (Phi) is 4.69. The maximum atomic E-state index is 12.1. The van der Waals surface area contributed by atoms with E-state index in [1.165, 1.54) is 12.2 Å². The SMILES string of the molecule is C=C/C=C\C(F)=C/CF. The van der Waals surface area contributed by atoms with Gasteiger partial charge in [0.2, 0.25) is 0 Å². The van der Waals surface area contributed by atoms with E-state index in [0.29, 0.717) is 0 Å². The zero-order chi connectivity index (χ0) is 7.11. The Bertz CT molecular complexity index is 134. The van der Waals surface area contributed by atoms with Gasteiger partial charge in [-0.2, -0.15) is 0 Å². The highest BCUT2D eigenvalue weighted by atomic mass is 19.1. The molecule has 0 aromatic heterocycles. The van der Waals surface area contributed by atoms with Crippen molar-refractivity contribution in [1.29, 1.82) is 0 Å². The molecule has 0 spiro atoms. The lowest BCUT2D eigenvalue weighted by Gasteiger charge is -1.79. The summed E-state index contributed by atoms with van der Waals surface area (Å²) in [7, 11) is 0. The molecule has 50 valence electrons. The zero-order valence-electron chi connectivity index (χ0n) is 4.98. The van der Waals surface area contributed by atoms with Gasteiger partial charge in [0.15, 0.2) is 0 Å². The monoisotopic (exact) mass is 130 g/mol. The molecular formula is C7H8F2. The van der Waals surface area contributed by atoms with E-state index in [1.807, 2.05) is 0 Å². The molecule has 0 saturated carbocycles. The maximum Gasteiger partial charge on any atom is 0.121 e. The highest BCUT2D eigenvalue weighted by molar-refractivity contribution is 5.14. The van der Waals surface area contributed by atoms with E-state index in [0.717, 1.165) is 12.2 Å². The predicted molar refractivity (Wildman–Crippen MR) is 34.5 cm³/mol. The van der Waals surface area contributed by atoms with E-state index < -0.39 is 12.5 Å². The molecule has 0 bridgehead atoms. The molecule has 0 rings (SSSR count). The van der Waals surface area contributed by atoms with Gasteiger partial charge < -0.3 is 0 Å². The molecule has 0 radical (unpaired) electrons. The molecular weight excluding hydrogens is 122 g/mol. The normalized spacial score (nSPS) is 12.4. The van der Waals surface area contributed by atoms with Gasteiger partial charge in [-0.1, -0.05) is 18.7 Å². The van der Waals surface area contributed by atoms with Crippen LogP contribution in [0.4, 0.5) is 8.78 Å². The summed E-state index contributed by atoms with van der Waals surface area (Å²) in [6, 6.07) is 0. The summed E-state index contributed by atoms with van der Waals surface area (Å²) in [5, 5.41) is 0. The molecule has 0 aromatic carbocycles. The fraction of sp³-hybridized carbons (Fsp3) is 0.143. The molecule has 0 aromatic rings. The molecule has 0 unspecified atom stereocenters. The van der Waals surface area contributed by atoms with Gasteiger partial charge >= 0.3 is 0 Å². The molecule has 0 aliphatic heterocycles. The van der Waals surface area contributed by atoms with Crippen molar-refractivity contribution in [2.75, 3.05) is 6.67 Å². The molecule has 9 heavy (non-hydrogen) atoms. The average Bonchev–Trinajstić information content (AvgIpc) is 1.85. The number of halogens is 2. The van der Waals surface area contributed by atoms with Crippen LogP contribution < -0.4 is 0 Å². The fourth-order valence-corrected chi connectivity index (χ4v) is 0.302. The second kappa shape index (κ2) is 5.22. The quantitative estimate of drug-likeness (QED) is 0.515. The Labute approximate surface area is 53.2 Å². The minimum Gasteiger partial charge on any atom is -0.246 e. The second-order valence-corrected chi connectivity index (χ2v) is 1.34. The summed E-state index contributed by atoms with van der Waals surface area (Å²) >= 11 is 0. The molecule has 0 atom stereocenters. The van der Waals surface area contributed by atoms with Gasteiger partial charge in [-0.25, -0.2) is 8.78 Å². The van der Waals surface area contributed by atoms with Gasteiger partial charge in [-0.3, -0.25) is 0 Å². The van der Waals surface area contributed by atoms with Crippen LogP contribution in [-0.4, -0.2) is 6.67 Å². The minimum atomic E-state index is -0.771. The molecule has 0 saturated heterocycles. The van der Waals surface area contributed by atoms with Crippen molar-refractivity contribution in [2.24, 2.45) is 0 Å². The van der Waals surface area contributed by atoms with Gasteiger partial charge in [0.25, 0.3) is 0 Å². The molecule has 0 amide bonds. The van der Waals surface area contributed by atoms with E-state index in [1.54, 1.807) is 0 Å². The third-order valence-electron chi connectivity index (χ3n) is 0.664. The number of rotatable bonds is 3. The third-order valence-corrected chi connectivity index (χ3v) is 0.664. The van der Waals surface area contributed by atoms with Crippen LogP contribution in [0.1, 0.15) is 0 Å².